The molecule has 23 heavy (non-hydrogen) atoms. The van der Waals surface area contributed by atoms with Crippen LogP contribution in [0.15, 0.2) is 48.5 Å². The van der Waals surface area contributed by atoms with Crippen molar-refractivity contribution in [3.63, 3.8) is 0 Å². The molecule has 0 saturated heterocycles. The van der Waals surface area contributed by atoms with Crippen molar-refractivity contribution < 1.29 is 9.53 Å². The number of hydrogen-bond donors (Lipinski definition) is 2. The Bertz CT molecular complexity index is 652. The van der Waals surface area contributed by atoms with Gasteiger partial charge in [-0.2, -0.15) is 0 Å². The van der Waals surface area contributed by atoms with Crippen molar-refractivity contribution in [2.45, 2.75) is 19.3 Å². The predicted octanol–water partition coefficient (Wildman–Crippen LogP) is 4.45. The summed E-state index contributed by atoms with van der Waals surface area (Å²) in [6.45, 7) is 4.66. The second kappa shape index (κ2) is 7.38. The summed E-state index contributed by atoms with van der Waals surface area (Å²) in [4.78, 5) is 12.0. The van der Waals surface area contributed by atoms with E-state index in [0.29, 0.717) is 17.3 Å². The van der Waals surface area contributed by atoms with Crippen LogP contribution in [0.5, 0.6) is 5.75 Å². The number of rotatable bonds is 5. The molecule has 0 unspecified atom stereocenters. The van der Waals surface area contributed by atoms with Gasteiger partial charge >= 0.3 is 6.03 Å². The summed E-state index contributed by atoms with van der Waals surface area (Å²) < 4.78 is 5.09. The van der Waals surface area contributed by atoms with Crippen molar-refractivity contribution in [2.75, 3.05) is 19.0 Å². The van der Waals surface area contributed by atoms with E-state index in [-0.39, 0.29) is 11.4 Å². The van der Waals surface area contributed by atoms with Crippen LogP contribution in [0, 0.1) is 0 Å². The monoisotopic (exact) mass is 332 g/mol. The second-order valence-electron chi connectivity index (χ2n) is 5.93. The number of anilines is 1. The minimum Gasteiger partial charge on any atom is -0.497 e. The number of carbonyl (C=O) groups is 1. The molecule has 5 heteroatoms. The van der Waals surface area contributed by atoms with E-state index in [1.165, 1.54) is 0 Å². The molecule has 2 aromatic carbocycles. The van der Waals surface area contributed by atoms with Gasteiger partial charge in [0.1, 0.15) is 5.75 Å². The third-order valence-corrected chi connectivity index (χ3v) is 3.92. The van der Waals surface area contributed by atoms with Crippen molar-refractivity contribution in [3.05, 3.63) is 59.1 Å². The van der Waals surface area contributed by atoms with Gasteiger partial charge < -0.3 is 15.4 Å². The molecule has 0 radical (unpaired) electrons. The largest absolute Gasteiger partial charge is 0.497 e. The number of ether oxygens (including phenoxy) is 1. The van der Waals surface area contributed by atoms with Gasteiger partial charge in [0.15, 0.2) is 0 Å². The van der Waals surface area contributed by atoms with Crippen LogP contribution in [-0.2, 0) is 5.41 Å². The molecule has 2 aromatic rings. The molecular formula is C18H21ClN2O2. The number of halogens is 1. The smallest absolute Gasteiger partial charge is 0.319 e. The molecular weight excluding hydrogens is 312 g/mol. The molecule has 4 nitrogen and oxygen atoms in total. The minimum absolute atomic E-state index is 0.193. The number of benzene rings is 2. The van der Waals surface area contributed by atoms with Crippen LogP contribution in [0.4, 0.5) is 10.5 Å². The van der Waals surface area contributed by atoms with Crippen molar-refractivity contribution >= 4 is 23.3 Å². The summed E-state index contributed by atoms with van der Waals surface area (Å²) in [6.07, 6.45) is 0. The first kappa shape index (κ1) is 17.2. The van der Waals surface area contributed by atoms with Crippen LogP contribution in [0.3, 0.4) is 0 Å². The maximum atomic E-state index is 12.0. The fourth-order valence-corrected chi connectivity index (χ4v) is 2.28. The fourth-order valence-electron chi connectivity index (χ4n) is 2.15. The number of methoxy groups -OCH3 is 1. The van der Waals surface area contributed by atoms with Gasteiger partial charge in [0.25, 0.3) is 0 Å². The molecule has 0 spiro atoms. The van der Waals surface area contributed by atoms with E-state index in [1.807, 2.05) is 24.3 Å². The number of amides is 2. The van der Waals surface area contributed by atoms with Gasteiger partial charge in [-0.15, -0.1) is 0 Å². The van der Waals surface area contributed by atoms with Gasteiger partial charge in [0, 0.05) is 22.7 Å². The summed E-state index contributed by atoms with van der Waals surface area (Å²) in [7, 11) is 1.61. The highest BCUT2D eigenvalue weighted by Crippen LogP contribution is 2.24. The molecule has 2 N–H and O–H groups in total. The lowest BCUT2D eigenvalue weighted by molar-refractivity contribution is 0.249. The van der Waals surface area contributed by atoms with Crippen LogP contribution in [0.1, 0.15) is 19.4 Å². The lowest BCUT2D eigenvalue weighted by Crippen LogP contribution is -2.38. The van der Waals surface area contributed by atoms with Gasteiger partial charge in [-0.25, -0.2) is 4.79 Å². The van der Waals surface area contributed by atoms with Gasteiger partial charge in [0.2, 0.25) is 0 Å². The lowest BCUT2D eigenvalue weighted by Gasteiger charge is -2.25. The zero-order chi connectivity index (χ0) is 16.9. The zero-order valence-corrected chi connectivity index (χ0v) is 14.3. The summed E-state index contributed by atoms with van der Waals surface area (Å²) in [5.41, 5.74) is 1.64. The number of nitrogens with one attached hydrogen (secondary N) is 2. The van der Waals surface area contributed by atoms with E-state index >= 15 is 0 Å². The highest BCUT2D eigenvalue weighted by molar-refractivity contribution is 6.30. The van der Waals surface area contributed by atoms with E-state index in [0.717, 1.165) is 11.3 Å². The fraction of sp³-hybridized carbons (Fsp3) is 0.278. The Morgan fingerprint density at radius 2 is 1.70 bits per heavy atom. The first-order valence-corrected chi connectivity index (χ1v) is 7.73. The molecule has 0 aliphatic heterocycles. The molecule has 0 aliphatic carbocycles. The first-order chi connectivity index (χ1) is 10.9. The van der Waals surface area contributed by atoms with Gasteiger partial charge in [-0.3, -0.25) is 0 Å². The normalized spacial score (nSPS) is 11.0. The van der Waals surface area contributed by atoms with Crippen molar-refractivity contribution in [2.24, 2.45) is 0 Å². The summed E-state index contributed by atoms with van der Waals surface area (Å²) >= 11 is 5.91. The summed E-state index contributed by atoms with van der Waals surface area (Å²) in [5.74, 6) is 0.750. The van der Waals surface area contributed by atoms with E-state index in [1.54, 1.807) is 31.4 Å². The second-order valence-corrected chi connectivity index (χ2v) is 6.36. The van der Waals surface area contributed by atoms with Gasteiger partial charge in [-0.1, -0.05) is 37.6 Å². The molecule has 0 bridgehead atoms. The molecule has 2 amide bonds. The standard InChI is InChI=1S/C18H21ClN2O2/c1-18(2,13-4-6-14(19)7-5-13)12-20-17(22)21-15-8-10-16(23-3)11-9-15/h4-11H,12H2,1-3H3,(H2,20,21,22). The Morgan fingerprint density at radius 1 is 1.09 bits per heavy atom. The lowest BCUT2D eigenvalue weighted by atomic mass is 9.85. The van der Waals surface area contributed by atoms with E-state index in [2.05, 4.69) is 24.5 Å². The molecule has 122 valence electrons. The van der Waals surface area contributed by atoms with E-state index in [4.69, 9.17) is 16.3 Å². The Hall–Kier alpha value is -2.20. The molecule has 0 saturated carbocycles. The zero-order valence-electron chi connectivity index (χ0n) is 13.5. The number of carbonyl (C=O) groups excluding carboxylic acids is 1. The van der Waals surface area contributed by atoms with Crippen LogP contribution in [0.25, 0.3) is 0 Å². The van der Waals surface area contributed by atoms with Crippen molar-refractivity contribution in [1.82, 2.24) is 5.32 Å². The Balaban J connectivity index is 1.90. The molecule has 2 rings (SSSR count). The average Bonchev–Trinajstić information content (AvgIpc) is 2.54. The maximum absolute atomic E-state index is 12.0. The van der Waals surface area contributed by atoms with Gasteiger partial charge in [-0.05, 0) is 42.0 Å². The van der Waals surface area contributed by atoms with Crippen LogP contribution < -0.4 is 15.4 Å². The van der Waals surface area contributed by atoms with Crippen LogP contribution in [-0.4, -0.2) is 19.7 Å². The van der Waals surface area contributed by atoms with E-state index in [9.17, 15) is 4.79 Å². The SMILES string of the molecule is COc1ccc(NC(=O)NCC(C)(C)c2ccc(Cl)cc2)cc1. The highest BCUT2D eigenvalue weighted by atomic mass is 35.5. The highest BCUT2D eigenvalue weighted by Gasteiger charge is 2.21. The first-order valence-electron chi connectivity index (χ1n) is 7.36. The Labute approximate surface area is 141 Å². The average molecular weight is 333 g/mol. The van der Waals surface area contributed by atoms with Crippen LogP contribution in [0.2, 0.25) is 5.02 Å². The molecule has 0 atom stereocenters. The van der Waals surface area contributed by atoms with Crippen molar-refractivity contribution in [1.29, 1.82) is 0 Å². The van der Waals surface area contributed by atoms with E-state index < -0.39 is 0 Å². The predicted molar refractivity (Wildman–Crippen MR) is 94.5 cm³/mol. The van der Waals surface area contributed by atoms with Crippen LogP contribution >= 0.6 is 11.6 Å². The molecule has 0 aromatic heterocycles. The van der Waals surface area contributed by atoms with Gasteiger partial charge in [0.05, 0.1) is 7.11 Å². The third kappa shape index (κ3) is 4.89. The summed E-state index contributed by atoms with van der Waals surface area (Å²) in [5, 5.41) is 6.40. The van der Waals surface area contributed by atoms with Crippen molar-refractivity contribution in [3.8, 4) is 5.75 Å². The number of hydrogen-bond acceptors (Lipinski definition) is 2. The number of urea groups is 1. The molecule has 0 aliphatic rings. The Morgan fingerprint density at radius 3 is 2.26 bits per heavy atom. The Kier molecular flexibility index (Phi) is 5.50. The quantitative estimate of drug-likeness (QED) is 0.850. The third-order valence-electron chi connectivity index (χ3n) is 3.66. The molecule has 0 heterocycles. The minimum atomic E-state index is -0.239. The maximum Gasteiger partial charge on any atom is 0.319 e. The topological polar surface area (TPSA) is 50.4 Å². The molecule has 0 fully saturated rings. The summed E-state index contributed by atoms with van der Waals surface area (Å²) in [6, 6.07) is 14.6.